The lowest BCUT2D eigenvalue weighted by atomic mass is 9.82. The van der Waals surface area contributed by atoms with Crippen LogP contribution in [0.15, 0.2) is 0 Å². The highest BCUT2D eigenvalue weighted by Gasteiger charge is 2.36. The van der Waals surface area contributed by atoms with E-state index in [-0.39, 0.29) is 12.6 Å². The number of carbonyl (C=O) groups is 2. The van der Waals surface area contributed by atoms with Gasteiger partial charge in [-0.05, 0) is 26.8 Å². The fourth-order valence-corrected chi connectivity index (χ4v) is 2.47. The number of hydrogen-bond acceptors (Lipinski definition) is 3. The van der Waals surface area contributed by atoms with Crippen molar-refractivity contribution >= 4 is 12.0 Å². The average molecular weight is 285 g/mol. The molecule has 6 nitrogen and oxygen atoms in total. The number of likely N-dealkylation sites (N-methyl/N-ethyl adjacent to an activating group) is 1. The summed E-state index contributed by atoms with van der Waals surface area (Å²) in [7, 11) is 2.05. The number of nitrogens with zero attached hydrogens (tertiary/aromatic N) is 2. The van der Waals surface area contributed by atoms with Gasteiger partial charge in [0, 0.05) is 32.2 Å². The molecule has 20 heavy (non-hydrogen) atoms. The molecule has 1 fully saturated rings. The van der Waals surface area contributed by atoms with Gasteiger partial charge in [0.15, 0.2) is 0 Å². The van der Waals surface area contributed by atoms with E-state index in [1.807, 2.05) is 20.9 Å². The number of aliphatic carboxylic acids is 1. The van der Waals surface area contributed by atoms with Gasteiger partial charge in [0.2, 0.25) is 0 Å². The highest BCUT2D eigenvalue weighted by molar-refractivity contribution is 5.78. The molecule has 0 radical (unpaired) electrons. The number of rotatable bonds is 5. The predicted molar refractivity (Wildman–Crippen MR) is 77.7 cm³/mol. The summed E-state index contributed by atoms with van der Waals surface area (Å²) in [6.45, 7) is 8.18. The van der Waals surface area contributed by atoms with Crippen molar-refractivity contribution in [3.05, 3.63) is 0 Å². The SMILES string of the molecule is CCC(CC)(CNC(=O)N1CCN(C)C(C)C1)C(=O)O. The molecule has 116 valence electrons. The predicted octanol–water partition coefficient (Wildman–Crippen LogP) is 1.22. The van der Waals surface area contributed by atoms with E-state index in [4.69, 9.17) is 0 Å². The molecule has 1 rings (SSSR count). The van der Waals surface area contributed by atoms with Crippen LogP contribution >= 0.6 is 0 Å². The van der Waals surface area contributed by atoms with Gasteiger partial charge in [0.1, 0.15) is 0 Å². The number of carbonyl (C=O) groups excluding carboxylic acids is 1. The number of carboxylic acid groups (broad SMARTS) is 1. The highest BCUT2D eigenvalue weighted by atomic mass is 16.4. The molecule has 0 saturated carbocycles. The molecule has 1 unspecified atom stereocenters. The summed E-state index contributed by atoms with van der Waals surface area (Å²) in [4.78, 5) is 27.5. The summed E-state index contributed by atoms with van der Waals surface area (Å²) >= 11 is 0. The molecule has 2 N–H and O–H groups in total. The Morgan fingerprint density at radius 3 is 2.35 bits per heavy atom. The van der Waals surface area contributed by atoms with Crippen LogP contribution in [-0.2, 0) is 4.79 Å². The van der Waals surface area contributed by atoms with Crippen LogP contribution in [0.2, 0.25) is 0 Å². The molecule has 0 aromatic carbocycles. The van der Waals surface area contributed by atoms with Crippen molar-refractivity contribution in [3.63, 3.8) is 0 Å². The van der Waals surface area contributed by atoms with Crippen LogP contribution in [0.4, 0.5) is 4.79 Å². The molecule has 0 spiro atoms. The van der Waals surface area contributed by atoms with Crippen molar-refractivity contribution in [1.82, 2.24) is 15.1 Å². The number of amides is 2. The first-order valence-corrected chi connectivity index (χ1v) is 7.32. The Morgan fingerprint density at radius 1 is 1.30 bits per heavy atom. The quantitative estimate of drug-likeness (QED) is 0.796. The van der Waals surface area contributed by atoms with Crippen LogP contribution in [0.5, 0.6) is 0 Å². The Bertz CT molecular complexity index is 356. The van der Waals surface area contributed by atoms with Crippen molar-refractivity contribution in [3.8, 4) is 0 Å². The van der Waals surface area contributed by atoms with Gasteiger partial charge in [-0.25, -0.2) is 4.79 Å². The van der Waals surface area contributed by atoms with Gasteiger partial charge in [-0.3, -0.25) is 4.79 Å². The summed E-state index contributed by atoms with van der Waals surface area (Å²) in [5.41, 5.74) is -0.853. The number of urea groups is 1. The van der Waals surface area contributed by atoms with Crippen LogP contribution in [-0.4, -0.2) is 66.2 Å². The summed E-state index contributed by atoms with van der Waals surface area (Å²) in [5, 5.41) is 12.2. The second-order valence-electron chi connectivity index (χ2n) is 5.73. The fourth-order valence-electron chi connectivity index (χ4n) is 2.47. The van der Waals surface area contributed by atoms with Crippen LogP contribution in [0, 0.1) is 5.41 Å². The molecule has 6 heteroatoms. The van der Waals surface area contributed by atoms with E-state index in [9.17, 15) is 14.7 Å². The molecular formula is C14H27N3O3. The smallest absolute Gasteiger partial charge is 0.317 e. The van der Waals surface area contributed by atoms with E-state index < -0.39 is 11.4 Å². The zero-order valence-electron chi connectivity index (χ0n) is 13.0. The molecule has 1 saturated heterocycles. The Morgan fingerprint density at radius 2 is 1.90 bits per heavy atom. The zero-order valence-corrected chi connectivity index (χ0v) is 13.0. The summed E-state index contributed by atoms with van der Waals surface area (Å²) in [6.07, 6.45) is 1.02. The third kappa shape index (κ3) is 3.62. The number of piperazine rings is 1. The Hall–Kier alpha value is -1.30. The minimum absolute atomic E-state index is 0.155. The molecule has 1 atom stereocenters. The first-order chi connectivity index (χ1) is 9.36. The molecule has 1 aliphatic rings. The molecule has 0 aromatic rings. The normalized spacial score (nSPS) is 20.8. The third-order valence-electron chi connectivity index (χ3n) is 4.63. The zero-order chi connectivity index (χ0) is 15.3. The largest absolute Gasteiger partial charge is 0.481 e. The minimum atomic E-state index is -0.853. The van der Waals surface area contributed by atoms with Gasteiger partial charge in [-0.2, -0.15) is 0 Å². The lowest BCUT2D eigenvalue weighted by Gasteiger charge is -2.38. The van der Waals surface area contributed by atoms with Crippen molar-refractivity contribution < 1.29 is 14.7 Å². The first kappa shape index (κ1) is 16.8. The summed E-state index contributed by atoms with van der Waals surface area (Å²) in [6, 6.07) is 0.175. The Labute approximate surface area is 121 Å². The second-order valence-corrected chi connectivity index (χ2v) is 5.73. The first-order valence-electron chi connectivity index (χ1n) is 7.32. The monoisotopic (exact) mass is 285 g/mol. The van der Waals surface area contributed by atoms with Crippen molar-refractivity contribution in [1.29, 1.82) is 0 Å². The lowest BCUT2D eigenvalue weighted by Crippen LogP contribution is -2.56. The second kappa shape index (κ2) is 6.92. The number of nitrogens with one attached hydrogen (secondary N) is 1. The summed E-state index contributed by atoms with van der Waals surface area (Å²) in [5.74, 6) is -0.838. The maximum Gasteiger partial charge on any atom is 0.317 e. The van der Waals surface area contributed by atoms with Crippen molar-refractivity contribution in [2.45, 2.75) is 39.7 Å². The van der Waals surface area contributed by atoms with Crippen molar-refractivity contribution in [2.24, 2.45) is 5.41 Å². The van der Waals surface area contributed by atoms with E-state index in [0.717, 1.165) is 6.54 Å². The maximum absolute atomic E-state index is 12.2. The van der Waals surface area contributed by atoms with Crippen LogP contribution in [0.25, 0.3) is 0 Å². The maximum atomic E-state index is 12.2. The van der Waals surface area contributed by atoms with E-state index in [1.54, 1.807) is 4.90 Å². The van der Waals surface area contributed by atoms with Crippen molar-refractivity contribution in [2.75, 3.05) is 33.2 Å². The number of hydrogen-bond donors (Lipinski definition) is 2. The standard InChI is InChI=1S/C14H27N3O3/c1-5-14(6-2,12(18)19)10-15-13(20)17-8-7-16(4)11(3)9-17/h11H,5-10H2,1-4H3,(H,15,20)(H,18,19). The fraction of sp³-hybridized carbons (Fsp3) is 0.857. The van der Waals surface area contributed by atoms with Gasteiger partial charge >= 0.3 is 12.0 Å². The van der Waals surface area contributed by atoms with Crippen LogP contribution in [0.3, 0.4) is 0 Å². The highest BCUT2D eigenvalue weighted by Crippen LogP contribution is 2.25. The van der Waals surface area contributed by atoms with Gasteiger partial charge < -0.3 is 20.2 Å². The van der Waals surface area contributed by atoms with Gasteiger partial charge in [0.05, 0.1) is 5.41 Å². The van der Waals surface area contributed by atoms with E-state index in [2.05, 4.69) is 17.1 Å². The molecular weight excluding hydrogens is 258 g/mol. The van der Waals surface area contributed by atoms with E-state index >= 15 is 0 Å². The summed E-state index contributed by atoms with van der Waals surface area (Å²) < 4.78 is 0. The molecule has 1 aliphatic heterocycles. The Balaban J connectivity index is 2.56. The van der Waals surface area contributed by atoms with Gasteiger partial charge in [-0.15, -0.1) is 0 Å². The minimum Gasteiger partial charge on any atom is -0.481 e. The Kier molecular flexibility index (Phi) is 5.80. The van der Waals surface area contributed by atoms with Crippen LogP contribution < -0.4 is 5.32 Å². The van der Waals surface area contributed by atoms with Gasteiger partial charge in [0.25, 0.3) is 0 Å². The average Bonchev–Trinajstić information content (AvgIpc) is 2.43. The molecule has 2 amide bonds. The third-order valence-corrected chi connectivity index (χ3v) is 4.63. The van der Waals surface area contributed by atoms with E-state index in [0.29, 0.717) is 32.0 Å². The molecule has 0 aromatic heterocycles. The molecule has 0 aliphatic carbocycles. The molecule has 0 bridgehead atoms. The number of carboxylic acids is 1. The van der Waals surface area contributed by atoms with E-state index in [1.165, 1.54) is 0 Å². The lowest BCUT2D eigenvalue weighted by molar-refractivity contribution is -0.149. The van der Waals surface area contributed by atoms with Gasteiger partial charge in [-0.1, -0.05) is 13.8 Å². The van der Waals surface area contributed by atoms with Crippen LogP contribution in [0.1, 0.15) is 33.6 Å². The molecule has 1 heterocycles. The topological polar surface area (TPSA) is 72.9 Å².